The van der Waals surface area contributed by atoms with E-state index in [0.717, 1.165) is 11.4 Å². The first-order valence-corrected chi connectivity index (χ1v) is 8.43. The third kappa shape index (κ3) is 4.07. The number of phenols is 1. The lowest BCUT2D eigenvalue weighted by Crippen LogP contribution is -2.38. The predicted molar refractivity (Wildman–Crippen MR) is 96.8 cm³/mol. The molecule has 0 aliphatic carbocycles. The van der Waals surface area contributed by atoms with Crippen LogP contribution in [0.2, 0.25) is 10.0 Å². The summed E-state index contributed by atoms with van der Waals surface area (Å²) >= 11 is 12.1. The van der Waals surface area contributed by atoms with E-state index < -0.39 is 6.67 Å². The summed E-state index contributed by atoms with van der Waals surface area (Å²) in [6, 6.07) is 5.19. The Morgan fingerprint density at radius 2 is 2.08 bits per heavy atom. The van der Waals surface area contributed by atoms with Crippen LogP contribution in [0.25, 0.3) is 10.9 Å². The monoisotopic (exact) mass is 385 g/mol. The number of hydrazine groups is 2. The van der Waals surface area contributed by atoms with Crippen molar-refractivity contribution in [3.05, 3.63) is 45.8 Å². The van der Waals surface area contributed by atoms with E-state index in [4.69, 9.17) is 23.2 Å². The van der Waals surface area contributed by atoms with E-state index in [1.807, 2.05) is 30.3 Å². The first kappa shape index (κ1) is 18.0. The Balaban J connectivity index is 1.72. The molecule has 6 nitrogen and oxygen atoms in total. The molecule has 3 rings (SSSR count). The van der Waals surface area contributed by atoms with Gasteiger partial charge in [-0.3, -0.25) is 9.91 Å². The van der Waals surface area contributed by atoms with E-state index in [1.165, 1.54) is 6.07 Å². The van der Waals surface area contributed by atoms with Crippen molar-refractivity contribution in [2.24, 2.45) is 0 Å². The molecule has 25 heavy (non-hydrogen) atoms. The van der Waals surface area contributed by atoms with Crippen LogP contribution in [0.1, 0.15) is 5.69 Å². The highest BCUT2D eigenvalue weighted by molar-refractivity contribution is 6.39. The van der Waals surface area contributed by atoms with Gasteiger partial charge in [-0.25, -0.2) is 9.37 Å². The molecule has 9 heteroatoms. The summed E-state index contributed by atoms with van der Waals surface area (Å²) in [5.74, 6) is -0.0724. The Morgan fingerprint density at radius 3 is 2.84 bits per heavy atom. The molecule has 1 aliphatic rings. The topological polar surface area (TPSA) is 63.7 Å². The number of rotatable bonds is 6. The molecular formula is C16H18Cl2FN5O. The van der Waals surface area contributed by atoms with Crippen LogP contribution in [0.15, 0.2) is 30.1 Å². The summed E-state index contributed by atoms with van der Waals surface area (Å²) in [6.07, 6.45) is 1.83. The number of phenolic OH excluding ortho intramolecular Hbond substituents is 1. The molecule has 0 radical (unpaired) electrons. The summed E-state index contributed by atoms with van der Waals surface area (Å²) in [4.78, 5) is 6.52. The maximum atomic E-state index is 12.3. The van der Waals surface area contributed by atoms with Gasteiger partial charge < -0.3 is 10.5 Å². The van der Waals surface area contributed by atoms with Crippen LogP contribution < -0.4 is 11.0 Å². The van der Waals surface area contributed by atoms with Gasteiger partial charge in [0, 0.05) is 24.7 Å². The number of halogens is 3. The minimum atomic E-state index is -0.427. The fourth-order valence-corrected chi connectivity index (χ4v) is 3.16. The summed E-state index contributed by atoms with van der Waals surface area (Å²) in [7, 11) is 1.94. The fourth-order valence-electron chi connectivity index (χ4n) is 2.64. The van der Waals surface area contributed by atoms with Crippen molar-refractivity contribution in [1.82, 2.24) is 25.9 Å². The van der Waals surface area contributed by atoms with Crippen LogP contribution in [0.4, 0.5) is 4.39 Å². The molecule has 0 saturated heterocycles. The number of hydrogen-bond donors (Lipinski definition) is 3. The van der Waals surface area contributed by atoms with Crippen molar-refractivity contribution in [1.29, 1.82) is 0 Å². The number of hydrogen-bond acceptors (Lipinski definition) is 6. The molecule has 0 fully saturated rings. The molecule has 3 N–H and O–H groups in total. The van der Waals surface area contributed by atoms with E-state index in [9.17, 15) is 9.50 Å². The number of fused-ring (bicyclic) bond motifs is 1. The molecule has 2 aromatic rings. The molecule has 0 bridgehead atoms. The van der Waals surface area contributed by atoms with E-state index in [2.05, 4.69) is 15.9 Å². The molecule has 1 aromatic carbocycles. The van der Waals surface area contributed by atoms with Gasteiger partial charge in [0.1, 0.15) is 12.2 Å². The third-order valence-corrected chi connectivity index (χ3v) is 4.38. The van der Waals surface area contributed by atoms with Gasteiger partial charge in [0.15, 0.2) is 5.75 Å². The lowest BCUT2D eigenvalue weighted by molar-refractivity contribution is 0.244. The standard InChI is InChI=1S/C16H18Cl2FN5O/c1-23(8-11-9-24(5-4-19)22-21-11)7-10-2-3-12-13(17)6-14(18)16(25)15(12)20-10/h2-3,6,9,21-22,25H,4-5,7-8H2,1H3. The molecule has 1 aromatic heterocycles. The second kappa shape index (κ2) is 7.61. The van der Waals surface area contributed by atoms with Gasteiger partial charge in [-0.15, -0.1) is 5.53 Å². The van der Waals surface area contributed by atoms with E-state index in [0.29, 0.717) is 29.0 Å². The van der Waals surface area contributed by atoms with Crippen molar-refractivity contribution in [2.45, 2.75) is 6.54 Å². The number of aromatic nitrogens is 1. The minimum absolute atomic E-state index is 0.0724. The quantitative estimate of drug-likeness (QED) is 0.710. The van der Waals surface area contributed by atoms with E-state index >= 15 is 0 Å². The SMILES string of the molecule is CN(CC1=CN(CCF)NN1)Cc1ccc2c(Cl)cc(Cl)c(O)c2n1. The molecule has 0 saturated carbocycles. The first-order valence-electron chi connectivity index (χ1n) is 7.68. The molecule has 0 amide bonds. The highest BCUT2D eigenvalue weighted by atomic mass is 35.5. The van der Waals surface area contributed by atoms with Gasteiger partial charge in [-0.05, 0) is 25.2 Å². The zero-order valence-corrected chi connectivity index (χ0v) is 15.1. The van der Waals surface area contributed by atoms with Gasteiger partial charge in [0.05, 0.1) is 28.0 Å². The number of benzene rings is 1. The third-order valence-electron chi connectivity index (χ3n) is 3.78. The van der Waals surface area contributed by atoms with Crippen molar-refractivity contribution in [2.75, 3.05) is 26.8 Å². The Morgan fingerprint density at radius 1 is 1.28 bits per heavy atom. The summed E-state index contributed by atoms with van der Waals surface area (Å²) < 4.78 is 12.3. The molecule has 134 valence electrons. The average Bonchev–Trinajstić information content (AvgIpc) is 3.00. The first-order chi connectivity index (χ1) is 12.0. The van der Waals surface area contributed by atoms with Crippen LogP contribution in [0.5, 0.6) is 5.75 Å². The van der Waals surface area contributed by atoms with Crippen LogP contribution in [-0.4, -0.2) is 46.8 Å². The average molecular weight is 386 g/mol. The van der Waals surface area contributed by atoms with Crippen molar-refractivity contribution in [3.8, 4) is 5.75 Å². The smallest absolute Gasteiger partial charge is 0.160 e. The van der Waals surface area contributed by atoms with Crippen LogP contribution in [0.3, 0.4) is 0 Å². The highest BCUT2D eigenvalue weighted by Gasteiger charge is 2.15. The Bertz CT molecular complexity index is 817. The van der Waals surface area contributed by atoms with Crippen LogP contribution >= 0.6 is 23.2 Å². The number of nitrogens with zero attached hydrogens (tertiary/aromatic N) is 3. The number of nitrogens with one attached hydrogen (secondary N) is 2. The van der Waals surface area contributed by atoms with Gasteiger partial charge in [0.2, 0.25) is 0 Å². The highest BCUT2D eigenvalue weighted by Crippen LogP contribution is 2.36. The van der Waals surface area contributed by atoms with E-state index in [-0.39, 0.29) is 17.3 Å². The van der Waals surface area contributed by atoms with Crippen molar-refractivity contribution < 1.29 is 9.50 Å². The normalized spacial score (nSPS) is 14.3. The second-order valence-corrected chi connectivity index (χ2v) is 6.65. The summed E-state index contributed by atoms with van der Waals surface area (Å²) in [6.45, 7) is 1.04. The molecule has 0 atom stereocenters. The number of pyridine rings is 1. The van der Waals surface area contributed by atoms with Crippen LogP contribution in [0, 0.1) is 0 Å². The van der Waals surface area contributed by atoms with Crippen LogP contribution in [-0.2, 0) is 6.54 Å². The Labute approximate surface area is 154 Å². The lowest BCUT2D eigenvalue weighted by Gasteiger charge is -2.17. The maximum Gasteiger partial charge on any atom is 0.160 e. The fraction of sp³-hybridized carbons (Fsp3) is 0.312. The number of likely N-dealkylation sites (N-methyl/N-ethyl adjacent to an activating group) is 1. The second-order valence-electron chi connectivity index (χ2n) is 5.83. The minimum Gasteiger partial charge on any atom is -0.504 e. The van der Waals surface area contributed by atoms with Gasteiger partial charge in [0.25, 0.3) is 0 Å². The van der Waals surface area contributed by atoms with Crippen molar-refractivity contribution in [3.63, 3.8) is 0 Å². The van der Waals surface area contributed by atoms with Gasteiger partial charge in [-0.1, -0.05) is 23.2 Å². The molecular weight excluding hydrogens is 368 g/mol. The van der Waals surface area contributed by atoms with Gasteiger partial charge >= 0.3 is 0 Å². The van der Waals surface area contributed by atoms with Crippen molar-refractivity contribution >= 4 is 34.1 Å². The predicted octanol–water partition coefficient (Wildman–Crippen LogP) is 2.81. The Hall–Kier alpha value is -1.80. The zero-order valence-electron chi connectivity index (χ0n) is 13.6. The van der Waals surface area contributed by atoms with Gasteiger partial charge in [-0.2, -0.15) is 0 Å². The molecule has 0 unspecified atom stereocenters. The number of aromatic hydroxyl groups is 1. The molecule has 1 aliphatic heterocycles. The number of alkyl halides is 1. The zero-order chi connectivity index (χ0) is 18.0. The molecule has 2 heterocycles. The lowest BCUT2D eigenvalue weighted by atomic mass is 10.2. The molecule has 0 spiro atoms. The summed E-state index contributed by atoms with van der Waals surface area (Å²) in [5, 5.41) is 13.1. The summed E-state index contributed by atoms with van der Waals surface area (Å²) in [5.41, 5.74) is 7.94. The Kier molecular flexibility index (Phi) is 5.48. The largest absolute Gasteiger partial charge is 0.504 e. The van der Waals surface area contributed by atoms with E-state index in [1.54, 1.807) is 5.01 Å². The maximum absolute atomic E-state index is 12.3.